The molecule has 0 radical (unpaired) electrons. The second-order valence-electron chi connectivity index (χ2n) is 18.7. The smallest absolute Gasteiger partial charge is 0.0726 e. The van der Waals surface area contributed by atoms with Gasteiger partial charge in [0.1, 0.15) is 0 Å². The highest BCUT2D eigenvalue weighted by atomic mass is 15.1. The molecule has 0 fully saturated rings. The monoisotopic (exact) mass is 890 g/mol. The van der Waals surface area contributed by atoms with Crippen LogP contribution in [0.5, 0.6) is 0 Å². The molecule has 0 heterocycles. The van der Waals surface area contributed by atoms with Crippen molar-refractivity contribution in [3.05, 3.63) is 324 Å². The number of benzene rings is 11. The Labute approximate surface area is 409 Å². The van der Waals surface area contributed by atoms with E-state index in [1.165, 1.54) is 77.9 Å². The van der Waals surface area contributed by atoms with Crippen LogP contribution in [0.2, 0.25) is 0 Å². The summed E-state index contributed by atoms with van der Waals surface area (Å²) in [5.41, 5.74) is 23.5. The summed E-state index contributed by atoms with van der Waals surface area (Å²) in [6, 6.07) is 103. The van der Waals surface area contributed by atoms with Crippen molar-refractivity contribution in [2.24, 2.45) is 0 Å². The Morgan fingerprint density at radius 1 is 0.214 bits per heavy atom. The molecule has 0 amide bonds. The number of hydrogen-bond donors (Lipinski definition) is 0. The summed E-state index contributed by atoms with van der Waals surface area (Å²) in [5.74, 6) is 0. The van der Waals surface area contributed by atoms with Crippen LogP contribution in [0.25, 0.3) is 33.4 Å². The highest BCUT2D eigenvalue weighted by Crippen LogP contribution is 2.65. The zero-order valence-electron chi connectivity index (χ0n) is 38.5. The molecule has 11 aromatic carbocycles. The summed E-state index contributed by atoms with van der Waals surface area (Å²) in [6.07, 6.45) is 0. The molecule has 0 saturated carbocycles. The molecule has 1 unspecified atom stereocenters. The van der Waals surface area contributed by atoms with Gasteiger partial charge in [0.05, 0.1) is 16.5 Å². The Kier molecular flexibility index (Phi) is 9.06. The fourth-order valence-electron chi connectivity index (χ4n) is 12.7. The lowest BCUT2D eigenvalue weighted by atomic mass is 9.68. The SMILES string of the molecule is c1ccc(N(c2ccccc2)c2ccc3c(c2)-c2ccccc2C32c3ccccc3-c3ccc(N(c4ccccc4)c4cccc5c4-c4ccccc4C5(c4ccccc4)c4ccccc4)cc32)cc1. The Morgan fingerprint density at radius 2 is 0.614 bits per heavy atom. The minimum absolute atomic E-state index is 0.525. The number of para-hydroxylation sites is 3. The van der Waals surface area contributed by atoms with Crippen LogP contribution in [-0.2, 0) is 10.8 Å². The van der Waals surface area contributed by atoms with Crippen LogP contribution in [0.1, 0.15) is 44.5 Å². The molecule has 0 aromatic heterocycles. The molecule has 0 aliphatic heterocycles. The quantitative estimate of drug-likeness (QED) is 0.150. The van der Waals surface area contributed by atoms with Gasteiger partial charge in [0.15, 0.2) is 0 Å². The van der Waals surface area contributed by atoms with Gasteiger partial charge in [-0.05, 0) is 139 Å². The molecular formula is C68H46N2. The van der Waals surface area contributed by atoms with Gasteiger partial charge in [0.25, 0.3) is 0 Å². The van der Waals surface area contributed by atoms with Crippen molar-refractivity contribution >= 4 is 34.1 Å². The van der Waals surface area contributed by atoms with Crippen LogP contribution in [0.15, 0.2) is 279 Å². The lowest BCUT2D eigenvalue weighted by Gasteiger charge is -2.35. The molecule has 2 heteroatoms. The van der Waals surface area contributed by atoms with E-state index < -0.39 is 10.8 Å². The topological polar surface area (TPSA) is 6.48 Å². The summed E-state index contributed by atoms with van der Waals surface area (Å²) >= 11 is 0. The predicted octanol–water partition coefficient (Wildman–Crippen LogP) is 17.3. The molecule has 70 heavy (non-hydrogen) atoms. The van der Waals surface area contributed by atoms with E-state index in [9.17, 15) is 0 Å². The molecule has 2 nitrogen and oxygen atoms in total. The first-order valence-corrected chi connectivity index (χ1v) is 24.3. The number of nitrogens with zero attached hydrogens (tertiary/aromatic N) is 2. The maximum absolute atomic E-state index is 2.52. The first-order valence-electron chi connectivity index (χ1n) is 24.3. The molecule has 1 spiro atoms. The second-order valence-corrected chi connectivity index (χ2v) is 18.7. The summed E-state index contributed by atoms with van der Waals surface area (Å²) in [7, 11) is 0. The fourth-order valence-corrected chi connectivity index (χ4v) is 12.7. The third-order valence-electron chi connectivity index (χ3n) is 15.3. The average molecular weight is 891 g/mol. The van der Waals surface area contributed by atoms with Crippen LogP contribution in [0.4, 0.5) is 34.1 Å². The maximum atomic E-state index is 2.52. The average Bonchev–Trinajstić information content (AvgIpc) is 4.03. The summed E-state index contributed by atoms with van der Waals surface area (Å²) in [5, 5.41) is 0. The first-order chi connectivity index (χ1) is 34.8. The van der Waals surface area contributed by atoms with E-state index in [4.69, 9.17) is 0 Å². The molecule has 0 bridgehead atoms. The van der Waals surface area contributed by atoms with Gasteiger partial charge in [-0.1, -0.05) is 212 Å². The Bertz CT molecular complexity index is 3690. The third kappa shape index (κ3) is 5.62. The first kappa shape index (κ1) is 40.1. The normalized spacial score (nSPS) is 15.0. The molecular weight excluding hydrogens is 845 g/mol. The highest BCUT2D eigenvalue weighted by Gasteiger charge is 2.52. The van der Waals surface area contributed by atoms with E-state index in [1.807, 2.05) is 0 Å². The van der Waals surface area contributed by atoms with Crippen LogP contribution in [0, 0.1) is 0 Å². The van der Waals surface area contributed by atoms with Crippen molar-refractivity contribution in [2.75, 3.05) is 9.80 Å². The van der Waals surface area contributed by atoms with Crippen molar-refractivity contribution in [1.29, 1.82) is 0 Å². The van der Waals surface area contributed by atoms with Gasteiger partial charge < -0.3 is 9.80 Å². The van der Waals surface area contributed by atoms with Gasteiger partial charge in [-0.3, -0.25) is 0 Å². The van der Waals surface area contributed by atoms with Crippen molar-refractivity contribution in [3.8, 4) is 33.4 Å². The van der Waals surface area contributed by atoms with Crippen molar-refractivity contribution < 1.29 is 0 Å². The Hall–Kier alpha value is -8.98. The Balaban J connectivity index is 1.02. The van der Waals surface area contributed by atoms with E-state index in [-0.39, 0.29) is 0 Å². The minimum atomic E-state index is -0.555. The lowest BCUT2D eigenvalue weighted by Crippen LogP contribution is -2.28. The van der Waals surface area contributed by atoms with Gasteiger partial charge in [0, 0.05) is 34.0 Å². The molecule has 11 aromatic rings. The number of rotatable bonds is 8. The van der Waals surface area contributed by atoms with Crippen molar-refractivity contribution in [3.63, 3.8) is 0 Å². The molecule has 0 saturated heterocycles. The van der Waals surface area contributed by atoms with Gasteiger partial charge >= 0.3 is 0 Å². The van der Waals surface area contributed by atoms with E-state index in [0.29, 0.717) is 0 Å². The highest BCUT2D eigenvalue weighted by molar-refractivity contribution is 6.00. The zero-order valence-corrected chi connectivity index (χ0v) is 38.5. The maximum Gasteiger partial charge on any atom is 0.0726 e. The largest absolute Gasteiger partial charge is 0.310 e. The van der Waals surface area contributed by atoms with E-state index in [1.54, 1.807) is 0 Å². The molecule has 328 valence electrons. The number of anilines is 6. The van der Waals surface area contributed by atoms with Gasteiger partial charge in [-0.2, -0.15) is 0 Å². The van der Waals surface area contributed by atoms with Crippen LogP contribution < -0.4 is 9.80 Å². The number of hydrogen-bond acceptors (Lipinski definition) is 2. The van der Waals surface area contributed by atoms with Crippen LogP contribution in [0.3, 0.4) is 0 Å². The van der Waals surface area contributed by atoms with Crippen LogP contribution in [-0.4, -0.2) is 0 Å². The minimum Gasteiger partial charge on any atom is -0.310 e. The van der Waals surface area contributed by atoms with E-state index in [2.05, 4.69) is 289 Å². The third-order valence-corrected chi connectivity index (χ3v) is 15.3. The standard InChI is InChI=1S/C68H46N2/c1-6-23-47(24-7-1)67(48-25-8-2-9-26-48)61-38-21-18-35-57(61)66-63(67)39-22-40-65(66)70(51-31-14-5-15-32-51)53-41-43-56-54-33-16-19-36-59(54)68(64(56)46-53)60-37-20-17-34-55(60)58-45-52(42-44-62(58)68)69(49-27-10-3-11-28-49)50-29-12-4-13-30-50/h1-46H. The summed E-state index contributed by atoms with van der Waals surface area (Å²) in [4.78, 5) is 4.89. The Morgan fingerprint density at radius 3 is 1.19 bits per heavy atom. The van der Waals surface area contributed by atoms with E-state index >= 15 is 0 Å². The van der Waals surface area contributed by atoms with Crippen molar-refractivity contribution in [2.45, 2.75) is 10.8 Å². The molecule has 1 atom stereocenters. The predicted molar refractivity (Wildman–Crippen MR) is 289 cm³/mol. The molecule has 3 aliphatic rings. The van der Waals surface area contributed by atoms with Crippen molar-refractivity contribution in [1.82, 2.24) is 0 Å². The number of fused-ring (bicyclic) bond motifs is 13. The fraction of sp³-hybridized carbons (Fsp3) is 0.0294. The zero-order chi connectivity index (χ0) is 46.2. The van der Waals surface area contributed by atoms with Gasteiger partial charge in [0.2, 0.25) is 0 Å². The van der Waals surface area contributed by atoms with Gasteiger partial charge in [-0.15, -0.1) is 0 Å². The summed E-state index contributed by atoms with van der Waals surface area (Å²) in [6.45, 7) is 0. The van der Waals surface area contributed by atoms with Gasteiger partial charge in [-0.25, -0.2) is 0 Å². The molecule has 0 N–H and O–H groups in total. The van der Waals surface area contributed by atoms with Crippen LogP contribution >= 0.6 is 0 Å². The molecule has 14 rings (SSSR count). The summed E-state index contributed by atoms with van der Waals surface area (Å²) < 4.78 is 0. The van der Waals surface area contributed by atoms with E-state index in [0.717, 1.165) is 34.1 Å². The second kappa shape index (κ2) is 15.8. The molecule has 3 aliphatic carbocycles. The lowest BCUT2D eigenvalue weighted by molar-refractivity contribution is 0.768.